The summed E-state index contributed by atoms with van der Waals surface area (Å²) < 4.78 is 13.3. The SMILES string of the molecule is O=C(N[C@H](CF)[C@@H](O)c1ccc(-c2ccc(CN3CC(O)C3)nc2)cc1)C(Cl)Cl. The Morgan fingerprint density at radius 1 is 1.21 bits per heavy atom. The molecule has 3 rings (SSSR count). The van der Waals surface area contributed by atoms with E-state index in [1.807, 2.05) is 12.1 Å². The number of pyridine rings is 1. The molecule has 1 aromatic carbocycles. The highest BCUT2D eigenvalue weighted by atomic mass is 35.5. The van der Waals surface area contributed by atoms with E-state index in [0.717, 1.165) is 16.8 Å². The number of hydrogen-bond donors (Lipinski definition) is 3. The minimum atomic E-state index is -1.33. The van der Waals surface area contributed by atoms with E-state index in [4.69, 9.17) is 23.2 Å². The second-order valence-corrected chi connectivity index (χ2v) is 8.12. The van der Waals surface area contributed by atoms with Crippen molar-refractivity contribution in [1.29, 1.82) is 0 Å². The highest BCUT2D eigenvalue weighted by Gasteiger charge is 2.25. The number of aliphatic hydroxyl groups excluding tert-OH is 2. The van der Waals surface area contributed by atoms with Gasteiger partial charge in [-0.15, -0.1) is 0 Å². The maximum Gasteiger partial charge on any atom is 0.253 e. The minimum absolute atomic E-state index is 0.236. The van der Waals surface area contributed by atoms with Crippen molar-refractivity contribution < 1.29 is 19.4 Å². The van der Waals surface area contributed by atoms with Crippen LogP contribution < -0.4 is 5.32 Å². The van der Waals surface area contributed by atoms with E-state index in [-0.39, 0.29) is 6.10 Å². The molecule has 1 saturated heterocycles. The summed E-state index contributed by atoms with van der Waals surface area (Å²) in [7, 11) is 0. The Hall–Kier alpha value is -1.77. The lowest BCUT2D eigenvalue weighted by molar-refractivity contribution is -0.121. The predicted molar refractivity (Wildman–Crippen MR) is 109 cm³/mol. The van der Waals surface area contributed by atoms with Gasteiger partial charge in [-0.3, -0.25) is 14.7 Å². The molecule has 1 aromatic heterocycles. The lowest BCUT2D eigenvalue weighted by atomic mass is 9.99. The number of amides is 1. The molecule has 156 valence electrons. The summed E-state index contributed by atoms with van der Waals surface area (Å²) in [5.41, 5.74) is 3.17. The van der Waals surface area contributed by atoms with Gasteiger partial charge in [0.1, 0.15) is 12.8 Å². The van der Waals surface area contributed by atoms with Gasteiger partial charge in [0.05, 0.1) is 17.8 Å². The Morgan fingerprint density at radius 3 is 2.38 bits per heavy atom. The van der Waals surface area contributed by atoms with Gasteiger partial charge in [0.25, 0.3) is 5.91 Å². The third kappa shape index (κ3) is 5.65. The second kappa shape index (κ2) is 9.82. The zero-order valence-corrected chi connectivity index (χ0v) is 17.0. The smallest absolute Gasteiger partial charge is 0.253 e. The highest BCUT2D eigenvalue weighted by Crippen LogP contribution is 2.24. The quantitative estimate of drug-likeness (QED) is 0.546. The van der Waals surface area contributed by atoms with Gasteiger partial charge in [-0.25, -0.2) is 4.39 Å². The number of aromatic nitrogens is 1. The first-order chi connectivity index (χ1) is 13.9. The number of nitrogens with zero attached hydrogens (tertiary/aromatic N) is 2. The van der Waals surface area contributed by atoms with Gasteiger partial charge in [0.15, 0.2) is 4.84 Å². The number of hydrogen-bond acceptors (Lipinski definition) is 5. The molecule has 0 radical (unpaired) electrons. The van der Waals surface area contributed by atoms with Crippen LogP contribution in [-0.2, 0) is 11.3 Å². The van der Waals surface area contributed by atoms with Gasteiger partial charge in [0.2, 0.25) is 0 Å². The number of carbonyl (C=O) groups excluding carboxylic acids is 1. The van der Waals surface area contributed by atoms with Crippen molar-refractivity contribution >= 4 is 29.1 Å². The number of carbonyl (C=O) groups is 1. The van der Waals surface area contributed by atoms with Crippen molar-refractivity contribution in [2.45, 2.75) is 29.6 Å². The molecular weight excluding hydrogens is 420 g/mol. The first kappa shape index (κ1) is 21.9. The molecule has 1 amide bonds. The Morgan fingerprint density at radius 2 is 1.86 bits per heavy atom. The molecule has 1 fully saturated rings. The summed E-state index contributed by atoms with van der Waals surface area (Å²) in [6, 6.07) is 9.68. The van der Waals surface area contributed by atoms with Crippen molar-refractivity contribution in [1.82, 2.24) is 15.2 Å². The first-order valence-electron chi connectivity index (χ1n) is 9.15. The molecule has 2 atom stereocenters. The van der Waals surface area contributed by atoms with Crippen LogP contribution in [0, 0.1) is 0 Å². The van der Waals surface area contributed by atoms with E-state index in [1.165, 1.54) is 0 Å². The molecule has 6 nitrogen and oxygen atoms in total. The topological polar surface area (TPSA) is 85.7 Å². The largest absolute Gasteiger partial charge is 0.390 e. The average Bonchev–Trinajstić information content (AvgIpc) is 2.70. The number of benzene rings is 1. The van der Waals surface area contributed by atoms with Gasteiger partial charge < -0.3 is 15.5 Å². The fourth-order valence-electron chi connectivity index (χ4n) is 3.14. The predicted octanol–water partition coefficient (Wildman–Crippen LogP) is 2.22. The maximum atomic E-state index is 13.3. The van der Waals surface area contributed by atoms with Crippen molar-refractivity contribution in [3.8, 4) is 11.1 Å². The van der Waals surface area contributed by atoms with E-state index in [2.05, 4.69) is 15.2 Å². The number of halogens is 3. The molecule has 29 heavy (non-hydrogen) atoms. The second-order valence-electron chi connectivity index (χ2n) is 7.02. The molecule has 0 spiro atoms. The van der Waals surface area contributed by atoms with Crippen LogP contribution in [-0.4, -0.2) is 62.8 Å². The summed E-state index contributed by atoms with van der Waals surface area (Å²) in [6.07, 6.45) is 0.292. The van der Waals surface area contributed by atoms with Crippen LogP contribution in [0.5, 0.6) is 0 Å². The van der Waals surface area contributed by atoms with Crippen LogP contribution in [0.4, 0.5) is 4.39 Å². The lowest BCUT2D eigenvalue weighted by Crippen LogP contribution is -2.49. The molecule has 0 aliphatic carbocycles. The Bertz CT molecular complexity index is 815. The van der Waals surface area contributed by atoms with Gasteiger partial charge in [-0.1, -0.05) is 53.5 Å². The molecule has 1 aliphatic rings. The fourth-order valence-corrected chi connectivity index (χ4v) is 3.27. The Labute approximate surface area is 178 Å². The molecule has 0 unspecified atom stereocenters. The van der Waals surface area contributed by atoms with Crippen molar-refractivity contribution in [3.05, 3.63) is 53.9 Å². The van der Waals surface area contributed by atoms with Gasteiger partial charge >= 0.3 is 0 Å². The van der Waals surface area contributed by atoms with Gasteiger partial charge in [-0.2, -0.15) is 0 Å². The standard InChI is InChI=1S/C20H22Cl2FN3O3/c21-19(22)20(29)25-17(7-23)18(28)13-3-1-12(2-4-13)14-5-6-15(24-8-14)9-26-10-16(27)11-26/h1-6,8,16-19,27-28H,7,9-11H2,(H,25,29)/t17-,18+/m1/s1. The van der Waals surface area contributed by atoms with Crippen LogP contribution in [0.15, 0.2) is 42.6 Å². The van der Waals surface area contributed by atoms with E-state index < -0.39 is 29.6 Å². The van der Waals surface area contributed by atoms with Gasteiger partial charge in [-0.05, 0) is 17.2 Å². The third-order valence-electron chi connectivity index (χ3n) is 4.81. The number of nitrogens with one attached hydrogen (secondary N) is 1. The summed E-state index contributed by atoms with van der Waals surface area (Å²) in [4.78, 5) is 16.8. The van der Waals surface area contributed by atoms with Gasteiger partial charge in [0, 0.05) is 31.4 Å². The number of β-amino-alcohol motifs (C(OH)–C–C–N with tert-alkyl or cyclic N) is 1. The average molecular weight is 442 g/mol. The van der Waals surface area contributed by atoms with Crippen LogP contribution >= 0.6 is 23.2 Å². The van der Waals surface area contributed by atoms with Crippen molar-refractivity contribution in [3.63, 3.8) is 0 Å². The Kier molecular flexibility index (Phi) is 7.43. The number of aliphatic hydroxyl groups is 2. The number of rotatable bonds is 8. The third-order valence-corrected chi connectivity index (χ3v) is 5.20. The first-order valence-corrected chi connectivity index (χ1v) is 10.0. The van der Waals surface area contributed by atoms with Crippen molar-refractivity contribution in [2.75, 3.05) is 19.8 Å². The zero-order chi connectivity index (χ0) is 21.0. The molecule has 0 saturated carbocycles. The van der Waals surface area contributed by atoms with E-state index in [9.17, 15) is 19.4 Å². The fraction of sp³-hybridized carbons (Fsp3) is 0.400. The highest BCUT2D eigenvalue weighted by molar-refractivity contribution is 6.53. The molecule has 2 aromatic rings. The number of likely N-dealkylation sites (tertiary alicyclic amines) is 1. The Balaban J connectivity index is 1.63. The molecule has 9 heteroatoms. The van der Waals surface area contributed by atoms with Crippen molar-refractivity contribution in [2.24, 2.45) is 0 Å². The lowest BCUT2D eigenvalue weighted by Gasteiger charge is -2.35. The van der Waals surface area contributed by atoms with E-state index in [1.54, 1.807) is 30.5 Å². The monoisotopic (exact) mass is 441 g/mol. The van der Waals surface area contributed by atoms with E-state index in [0.29, 0.717) is 25.2 Å². The van der Waals surface area contributed by atoms with Crippen LogP contribution in [0.1, 0.15) is 17.4 Å². The minimum Gasteiger partial charge on any atom is -0.390 e. The van der Waals surface area contributed by atoms with Crippen LogP contribution in [0.2, 0.25) is 0 Å². The molecular formula is C20H22Cl2FN3O3. The van der Waals surface area contributed by atoms with Crippen LogP contribution in [0.3, 0.4) is 0 Å². The van der Waals surface area contributed by atoms with Crippen LogP contribution in [0.25, 0.3) is 11.1 Å². The summed E-state index contributed by atoms with van der Waals surface area (Å²) in [5, 5.41) is 22.0. The van der Waals surface area contributed by atoms with E-state index >= 15 is 0 Å². The molecule has 0 bridgehead atoms. The zero-order valence-electron chi connectivity index (χ0n) is 15.5. The summed E-state index contributed by atoms with van der Waals surface area (Å²) in [5.74, 6) is -0.759. The molecule has 3 N–H and O–H groups in total. The molecule has 2 heterocycles. The summed E-state index contributed by atoms with van der Waals surface area (Å²) in [6.45, 7) is 1.08. The number of alkyl halides is 3. The normalized spacial score (nSPS) is 17.0. The summed E-state index contributed by atoms with van der Waals surface area (Å²) >= 11 is 10.9. The maximum absolute atomic E-state index is 13.3. The molecule has 1 aliphatic heterocycles.